The van der Waals surface area contributed by atoms with Crippen LogP contribution in [0.15, 0.2) is 61.1 Å². The fourth-order valence-electron chi connectivity index (χ4n) is 3.00. The molecule has 0 amide bonds. The number of para-hydroxylation sites is 2. The minimum atomic E-state index is 0.0105. The van der Waals surface area contributed by atoms with Gasteiger partial charge in [0.1, 0.15) is 12.7 Å². The Balaban J connectivity index is 1.41. The van der Waals surface area contributed by atoms with Crippen LogP contribution in [-0.4, -0.2) is 45.7 Å². The number of aromatic nitrogens is 3. The third kappa shape index (κ3) is 3.49. The molecule has 0 radical (unpaired) electrons. The van der Waals surface area contributed by atoms with Crippen LogP contribution in [0.3, 0.4) is 0 Å². The van der Waals surface area contributed by atoms with E-state index in [1.165, 1.54) is 0 Å². The van der Waals surface area contributed by atoms with Crippen LogP contribution in [0.5, 0.6) is 11.5 Å². The molecule has 3 aromatic rings. The zero-order chi connectivity index (χ0) is 17.1. The maximum atomic E-state index is 6.04. The lowest BCUT2D eigenvalue weighted by molar-refractivity contribution is 0.0634. The van der Waals surface area contributed by atoms with E-state index in [0.29, 0.717) is 12.6 Å². The minimum Gasteiger partial charge on any atom is -0.486 e. The summed E-state index contributed by atoms with van der Waals surface area (Å²) >= 11 is 0. The van der Waals surface area contributed by atoms with Crippen LogP contribution in [0.2, 0.25) is 0 Å². The topological polar surface area (TPSA) is 52.4 Å². The van der Waals surface area contributed by atoms with Crippen LogP contribution in [0.4, 0.5) is 0 Å². The molecule has 0 saturated carbocycles. The molecule has 25 heavy (non-hydrogen) atoms. The smallest absolute Gasteiger partial charge is 0.233 e. The number of ether oxygens (including phenoxy) is 2. The van der Waals surface area contributed by atoms with Crippen molar-refractivity contribution in [3.63, 3.8) is 0 Å². The maximum Gasteiger partial charge on any atom is 0.233 e. The highest BCUT2D eigenvalue weighted by Crippen LogP contribution is 2.31. The lowest BCUT2D eigenvalue weighted by Gasteiger charge is -2.29. The first-order chi connectivity index (χ1) is 12.3. The molecule has 1 unspecified atom stereocenters. The van der Waals surface area contributed by atoms with Crippen molar-refractivity contribution in [1.82, 2.24) is 19.4 Å². The molecule has 1 aromatic carbocycles. The van der Waals surface area contributed by atoms with Crippen LogP contribution in [0.1, 0.15) is 5.69 Å². The van der Waals surface area contributed by atoms with Gasteiger partial charge in [0.2, 0.25) is 5.95 Å². The summed E-state index contributed by atoms with van der Waals surface area (Å²) in [5, 5.41) is 0. The van der Waals surface area contributed by atoms with Crippen molar-refractivity contribution in [1.29, 1.82) is 0 Å². The summed E-state index contributed by atoms with van der Waals surface area (Å²) in [6.07, 6.45) is 5.49. The van der Waals surface area contributed by atoms with Gasteiger partial charge in [0.25, 0.3) is 0 Å². The van der Waals surface area contributed by atoms with E-state index in [-0.39, 0.29) is 6.10 Å². The van der Waals surface area contributed by atoms with E-state index in [1.54, 1.807) is 12.4 Å². The van der Waals surface area contributed by atoms with Gasteiger partial charge in [0, 0.05) is 37.4 Å². The van der Waals surface area contributed by atoms with Gasteiger partial charge in [0.05, 0.1) is 0 Å². The molecular formula is C19H20N4O2. The molecule has 0 spiro atoms. The Morgan fingerprint density at radius 2 is 1.88 bits per heavy atom. The fraction of sp³-hybridized carbons (Fsp3) is 0.263. The number of likely N-dealkylation sites (N-methyl/N-ethyl adjacent to an activating group) is 1. The third-order valence-electron chi connectivity index (χ3n) is 4.12. The van der Waals surface area contributed by atoms with Gasteiger partial charge < -0.3 is 9.47 Å². The molecule has 1 aliphatic rings. The molecule has 1 aliphatic heterocycles. The highest BCUT2D eigenvalue weighted by Gasteiger charge is 2.22. The van der Waals surface area contributed by atoms with Crippen molar-refractivity contribution in [2.75, 3.05) is 20.2 Å². The summed E-state index contributed by atoms with van der Waals surface area (Å²) < 4.78 is 13.8. The zero-order valence-electron chi connectivity index (χ0n) is 14.1. The minimum absolute atomic E-state index is 0.0105. The third-order valence-corrected chi connectivity index (χ3v) is 4.12. The molecular weight excluding hydrogens is 316 g/mol. The molecule has 0 aliphatic carbocycles. The van der Waals surface area contributed by atoms with Crippen LogP contribution < -0.4 is 9.47 Å². The van der Waals surface area contributed by atoms with Crippen molar-refractivity contribution in [2.24, 2.45) is 0 Å². The maximum absolute atomic E-state index is 6.04. The van der Waals surface area contributed by atoms with Gasteiger partial charge >= 0.3 is 0 Å². The molecule has 0 fully saturated rings. The van der Waals surface area contributed by atoms with E-state index < -0.39 is 0 Å². The van der Waals surface area contributed by atoms with Crippen molar-refractivity contribution < 1.29 is 9.47 Å². The van der Waals surface area contributed by atoms with Crippen molar-refractivity contribution in [3.05, 3.63) is 66.7 Å². The lowest BCUT2D eigenvalue weighted by atomic mass is 10.2. The average molecular weight is 336 g/mol. The van der Waals surface area contributed by atoms with Crippen LogP contribution >= 0.6 is 0 Å². The van der Waals surface area contributed by atoms with Crippen LogP contribution in [0, 0.1) is 0 Å². The number of hydrogen-bond donors (Lipinski definition) is 0. The van der Waals surface area contributed by atoms with Gasteiger partial charge in [-0.15, -0.1) is 0 Å². The predicted octanol–water partition coefficient (Wildman–Crippen LogP) is 2.54. The standard InChI is InChI=1S/C19H20N4O2/c1-22(13-16-14-24-17-7-2-3-8-18(17)25-16)12-15-6-4-11-23(15)19-20-9-5-10-21-19/h2-11,16H,12-14H2,1H3. The predicted molar refractivity (Wildman–Crippen MR) is 94.0 cm³/mol. The van der Waals surface area contributed by atoms with Crippen molar-refractivity contribution in [2.45, 2.75) is 12.6 Å². The van der Waals surface area contributed by atoms with E-state index >= 15 is 0 Å². The largest absolute Gasteiger partial charge is 0.486 e. The molecule has 6 nitrogen and oxygen atoms in total. The summed E-state index contributed by atoms with van der Waals surface area (Å²) in [6, 6.07) is 13.7. The Kier molecular flexibility index (Phi) is 4.35. The molecule has 4 rings (SSSR count). The number of fused-ring (bicyclic) bond motifs is 1. The van der Waals surface area contributed by atoms with Crippen molar-refractivity contribution in [3.8, 4) is 17.4 Å². The van der Waals surface area contributed by atoms with Gasteiger partial charge in [-0.25, -0.2) is 9.97 Å². The molecule has 0 N–H and O–H groups in total. The van der Waals surface area contributed by atoms with Gasteiger partial charge in [-0.2, -0.15) is 0 Å². The summed E-state index contributed by atoms with van der Waals surface area (Å²) in [4.78, 5) is 10.9. The monoisotopic (exact) mass is 336 g/mol. The number of hydrogen-bond acceptors (Lipinski definition) is 5. The van der Waals surface area contributed by atoms with Gasteiger partial charge in [-0.05, 0) is 37.4 Å². The van der Waals surface area contributed by atoms with E-state index in [2.05, 4.69) is 28.0 Å². The first-order valence-electron chi connectivity index (χ1n) is 8.30. The Bertz CT molecular complexity index is 834. The first-order valence-corrected chi connectivity index (χ1v) is 8.30. The second-order valence-corrected chi connectivity index (χ2v) is 6.11. The quantitative estimate of drug-likeness (QED) is 0.717. The fourth-order valence-corrected chi connectivity index (χ4v) is 3.00. The Morgan fingerprint density at radius 1 is 1.08 bits per heavy atom. The van der Waals surface area contributed by atoms with E-state index in [4.69, 9.17) is 9.47 Å². The summed E-state index contributed by atoms with van der Waals surface area (Å²) in [5.41, 5.74) is 1.13. The summed E-state index contributed by atoms with van der Waals surface area (Å²) in [5.74, 6) is 2.31. The lowest BCUT2D eigenvalue weighted by Crippen LogP contribution is -2.39. The summed E-state index contributed by atoms with van der Waals surface area (Å²) in [7, 11) is 2.08. The van der Waals surface area contributed by atoms with Gasteiger partial charge in [-0.1, -0.05) is 12.1 Å². The molecule has 128 valence electrons. The average Bonchev–Trinajstić information content (AvgIpc) is 3.10. The first kappa shape index (κ1) is 15.7. The zero-order valence-corrected chi connectivity index (χ0v) is 14.1. The molecule has 1 atom stereocenters. The van der Waals surface area contributed by atoms with Gasteiger partial charge in [0.15, 0.2) is 11.5 Å². The highest BCUT2D eigenvalue weighted by atomic mass is 16.6. The second kappa shape index (κ2) is 6.94. The number of nitrogens with zero attached hydrogens (tertiary/aromatic N) is 4. The molecule has 0 bridgehead atoms. The molecule has 0 saturated heterocycles. The Morgan fingerprint density at radius 3 is 2.72 bits per heavy atom. The van der Waals surface area contributed by atoms with E-state index in [1.807, 2.05) is 47.2 Å². The van der Waals surface area contributed by atoms with Gasteiger partial charge in [-0.3, -0.25) is 9.47 Å². The SMILES string of the molecule is CN(Cc1cccn1-c1ncccn1)CC1COc2ccccc2O1. The molecule has 6 heteroatoms. The highest BCUT2D eigenvalue weighted by molar-refractivity contribution is 5.40. The molecule has 3 heterocycles. The van der Waals surface area contributed by atoms with Crippen LogP contribution in [-0.2, 0) is 6.54 Å². The van der Waals surface area contributed by atoms with Crippen LogP contribution in [0.25, 0.3) is 5.95 Å². The molecule has 2 aromatic heterocycles. The summed E-state index contributed by atoms with van der Waals surface area (Å²) in [6.45, 7) is 2.10. The number of benzene rings is 1. The van der Waals surface area contributed by atoms with E-state index in [9.17, 15) is 0 Å². The Hall–Kier alpha value is -2.86. The number of rotatable bonds is 5. The normalized spacial score (nSPS) is 16.2. The second-order valence-electron chi connectivity index (χ2n) is 6.11. The Labute approximate surface area is 146 Å². The van der Waals surface area contributed by atoms with Crippen molar-refractivity contribution >= 4 is 0 Å². The van der Waals surface area contributed by atoms with E-state index in [0.717, 1.165) is 30.3 Å².